The fraction of sp³-hybridized carbons (Fsp3) is 0.267. The zero-order valence-electron chi connectivity index (χ0n) is 21.0. The van der Waals surface area contributed by atoms with Gasteiger partial charge in [-0.3, -0.25) is 24.1 Å². The Kier molecular flexibility index (Phi) is 6.41. The van der Waals surface area contributed by atoms with Gasteiger partial charge in [-0.05, 0) is 96.3 Å². The van der Waals surface area contributed by atoms with Gasteiger partial charge in [-0.25, -0.2) is 0 Å². The van der Waals surface area contributed by atoms with Crippen LogP contribution in [-0.4, -0.2) is 35.6 Å². The lowest BCUT2D eigenvalue weighted by Crippen LogP contribution is -2.39. The fourth-order valence-electron chi connectivity index (χ4n) is 6.52. The van der Waals surface area contributed by atoms with Crippen molar-refractivity contribution in [2.45, 2.75) is 25.7 Å². The van der Waals surface area contributed by atoms with E-state index in [1.54, 1.807) is 43.3 Å². The van der Waals surface area contributed by atoms with Gasteiger partial charge in [0.1, 0.15) is 0 Å². The molecule has 0 radical (unpaired) electrons. The molecule has 1 aliphatic heterocycles. The van der Waals surface area contributed by atoms with Gasteiger partial charge in [0.15, 0.2) is 23.1 Å². The molecule has 3 aliphatic carbocycles. The van der Waals surface area contributed by atoms with E-state index in [4.69, 9.17) is 4.74 Å². The molecular weight excluding hydrogens is 677 g/mol. The molecule has 1 heterocycles. The Bertz CT molecular complexity index is 1590. The van der Waals surface area contributed by atoms with Crippen LogP contribution in [0.25, 0.3) is 0 Å². The highest BCUT2D eigenvalue weighted by Gasteiger charge is 2.56. The average Bonchev–Trinajstić information content (AvgIpc) is 3.18. The number of aromatic hydroxyl groups is 1. The van der Waals surface area contributed by atoms with E-state index in [-0.39, 0.29) is 41.3 Å². The summed E-state index contributed by atoms with van der Waals surface area (Å²) in [6.07, 6.45) is 3.93. The Balaban J connectivity index is 1.51. The number of phenols is 1. The molecule has 9 heteroatoms. The summed E-state index contributed by atoms with van der Waals surface area (Å²) in [5.74, 6) is -2.96. The number of amides is 2. The number of nitrogens with zero attached hydrogens (tertiary/aromatic N) is 1. The van der Waals surface area contributed by atoms with Gasteiger partial charge in [0.05, 0.1) is 28.2 Å². The Morgan fingerprint density at radius 2 is 1.77 bits per heavy atom. The van der Waals surface area contributed by atoms with E-state index >= 15 is 0 Å². The van der Waals surface area contributed by atoms with Crippen molar-refractivity contribution in [3.05, 3.63) is 84.4 Å². The van der Waals surface area contributed by atoms with Gasteiger partial charge >= 0.3 is 0 Å². The van der Waals surface area contributed by atoms with Crippen molar-refractivity contribution in [2.24, 2.45) is 17.8 Å². The van der Waals surface area contributed by atoms with Crippen LogP contribution in [0.4, 0.5) is 5.69 Å². The lowest BCUT2D eigenvalue weighted by atomic mass is 9.59. The van der Waals surface area contributed by atoms with E-state index < -0.39 is 23.7 Å². The van der Waals surface area contributed by atoms with Gasteiger partial charge in [0.25, 0.3) is 0 Å². The largest absolute Gasteiger partial charge is 0.504 e. The number of carbonyl (C=O) groups is 4. The number of methoxy groups -OCH3 is 1. The molecule has 1 fully saturated rings. The van der Waals surface area contributed by atoms with Gasteiger partial charge in [-0.1, -0.05) is 27.6 Å². The number of phenolic OH excluding ortho intramolecular Hbond substituents is 1. The Morgan fingerprint density at radius 1 is 1.05 bits per heavy atom. The number of hydrogen-bond donors (Lipinski definition) is 1. The highest BCUT2D eigenvalue weighted by atomic mass is 127. The van der Waals surface area contributed by atoms with E-state index in [9.17, 15) is 24.3 Å². The Labute approximate surface area is 246 Å². The van der Waals surface area contributed by atoms with E-state index in [0.29, 0.717) is 38.0 Å². The number of rotatable bonds is 3. The maximum atomic E-state index is 13.9. The van der Waals surface area contributed by atoms with Crippen molar-refractivity contribution >= 4 is 67.6 Å². The highest BCUT2D eigenvalue weighted by Crippen LogP contribution is 2.56. The zero-order chi connectivity index (χ0) is 27.7. The minimum absolute atomic E-state index is 0.00963. The van der Waals surface area contributed by atoms with E-state index in [1.807, 2.05) is 28.7 Å². The zero-order valence-corrected chi connectivity index (χ0v) is 24.8. The van der Waals surface area contributed by atoms with Gasteiger partial charge in [0, 0.05) is 27.1 Å². The van der Waals surface area contributed by atoms with Gasteiger partial charge in [0.2, 0.25) is 11.8 Å². The molecule has 4 atom stereocenters. The first-order valence-electron chi connectivity index (χ1n) is 12.5. The van der Waals surface area contributed by atoms with Crippen LogP contribution in [0.2, 0.25) is 0 Å². The normalized spacial score (nSPS) is 26.2. The van der Waals surface area contributed by atoms with Gasteiger partial charge < -0.3 is 9.84 Å². The number of fused-ring (bicyclic) bond motifs is 3. The molecule has 0 aromatic heterocycles. The minimum Gasteiger partial charge on any atom is -0.504 e. The number of hydrogen-bond acceptors (Lipinski definition) is 6. The van der Waals surface area contributed by atoms with Crippen LogP contribution in [0.3, 0.4) is 0 Å². The molecule has 0 saturated carbocycles. The number of carbonyl (C=O) groups excluding carboxylic acids is 4. The number of ether oxygens (including phenoxy) is 1. The summed E-state index contributed by atoms with van der Waals surface area (Å²) in [5, 5.41) is 10.5. The molecule has 198 valence electrons. The molecule has 1 saturated heterocycles. The van der Waals surface area contributed by atoms with Crippen LogP contribution in [0.5, 0.6) is 11.5 Å². The molecule has 0 spiro atoms. The smallest absolute Gasteiger partial charge is 0.238 e. The predicted octanol–water partition coefficient (Wildman–Crippen LogP) is 5.40. The monoisotopic (exact) mass is 699 g/mol. The molecule has 2 aromatic rings. The predicted molar refractivity (Wildman–Crippen MR) is 155 cm³/mol. The molecule has 2 aromatic carbocycles. The van der Waals surface area contributed by atoms with Crippen molar-refractivity contribution < 1.29 is 29.0 Å². The van der Waals surface area contributed by atoms with E-state index in [1.165, 1.54) is 18.1 Å². The SMILES string of the molecule is COc1cc([C@H]2C3=CC[C@@H]4C(=O)N(c5ccc(Br)cc5)C(=O)[C@@H]4[C@@H]3CC3=C2C(=O)C=C(C)C3=O)cc(I)c1O. The van der Waals surface area contributed by atoms with Crippen molar-refractivity contribution in [1.29, 1.82) is 0 Å². The van der Waals surface area contributed by atoms with Gasteiger partial charge in [-0.15, -0.1) is 0 Å². The summed E-state index contributed by atoms with van der Waals surface area (Å²) >= 11 is 5.40. The fourth-order valence-corrected chi connectivity index (χ4v) is 7.41. The number of allylic oxidation sites excluding steroid dienone is 6. The van der Waals surface area contributed by atoms with Gasteiger partial charge in [-0.2, -0.15) is 0 Å². The second kappa shape index (κ2) is 9.55. The first kappa shape index (κ1) is 26.2. The maximum absolute atomic E-state index is 13.9. The summed E-state index contributed by atoms with van der Waals surface area (Å²) in [4.78, 5) is 55.6. The highest BCUT2D eigenvalue weighted by molar-refractivity contribution is 14.1. The molecule has 4 aliphatic rings. The molecule has 1 N–H and O–H groups in total. The number of halogens is 2. The number of imide groups is 1. The van der Waals surface area contributed by atoms with Crippen molar-refractivity contribution in [3.63, 3.8) is 0 Å². The van der Waals surface area contributed by atoms with E-state index in [2.05, 4.69) is 15.9 Å². The standard InChI is InChI=1S/C30H23BrINO6/c1-13-9-22(34)26-20(27(13)35)12-19-17(24(26)14-10-21(32)28(36)23(11-14)39-2)7-8-18-25(19)30(38)33(29(18)37)16-5-3-15(31)4-6-16/h3-7,9-11,18-19,24-25,36H,8,12H2,1-2H3/t18-,19+,24-,25-/m0/s1. The lowest BCUT2D eigenvalue weighted by molar-refractivity contribution is -0.123. The van der Waals surface area contributed by atoms with Crippen LogP contribution in [0, 0.1) is 21.3 Å². The molecule has 2 amide bonds. The molecule has 7 nitrogen and oxygen atoms in total. The summed E-state index contributed by atoms with van der Waals surface area (Å²) in [5.41, 5.74) is 3.21. The molecular formula is C30H23BrINO6. The maximum Gasteiger partial charge on any atom is 0.238 e. The van der Waals surface area contributed by atoms with Crippen molar-refractivity contribution in [3.8, 4) is 11.5 Å². The van der Waals surface area contributed by atoms with Crippen LogP contribution >= 0.6 is 38.5 Å². The lowest BCUT2D eigenvalue weighted by Gasteiger charge is -2.42. The van der Waals surface area contributed by atoms with Crippen molar-refractivity contribution in [2.75, 3.05) is 12.0 Å². The Morgan fingerprint density at radius 3 is 2.46 bits per heavy atom. The second-order valence-electron chi connectivity index (χ2n) is 10.3. The number of Topliss-reactive ketones (excluding diaryl/α,β-unsaturated/α-hetero) is 1. The first-order valence-corrected chi connectivity index (χ1v) is 14.4. The number of benzene rings is 2. The first-order chi connectivity index (χ1) is 18.6. The summed E-state index contributed by atoms with van der Waals surface area (Å²) in [6, 6.07) is 10.5. The van der Waals surface area contributed by atoms with Crippen molar-refractivity contribution in [1.82, 2.24) is 0 Å². The van der Waals surface area contributed by atoms with Crippen LogP contribution in [-0.2, 0) is 19.2 Å². The molecule has 0 unspecified atom stereocenters. The molecule has 39 heavy (non-hydrogen) atoms. The van der Waals surface area contributed by atoms with Crippen LogP contribution < -0.4 is 9.64 Å². The molecule has 0 bridgehead atoms. The van der Waals surface area contributed by atoms with Crippen LogP contribution in [0.15, 0.2) is 75.3 Å². The summed E-state index contributed by atoms with van der Waals surface area (Å²) in [7, 11) is 1.45. The minimum atomic E-state index is -0.648. The topological polar surface area (TPSA) is 101 Å². The van der Waals surface area contributed by atoms with Crippen LogP contribution in [0.1, 0.15) is 31.2 Å². The third-order valence-corrected chi connectivity index (χ3v) is 9.60. The number of ketones is 2. The Hall–Kier alpha value is -3.05. The summed E-state index contributed by atoms with van der Waals surface area (Å²) < 4.78 is 6.78. The third kappa shape index (κ3) is 3.96. The third-order valence-electron chi connectivity index (χ3n) is 8.25. The van der Waals surface area contributed by atoms with E-state index in [0.717, 1.165) is 10.0 Å². The number of anilines is 1. The molecule has 6 rings (SSSR count). The summed E-state index contributed by atoms with van der Waals surface area (Å²) in [6.45, 7) is 1.63. The second-order valence-corrected chi connectivity index (χ2v) is 12.3. The quantitative estimate of drug-likeness (QED) is 0.199. The average molecular weight is 700 g/mol.